The second kappa shape index (κ2) is 7.75. The van der Waals surface area contributed by atoms with E-state index in [1.54, 1.807) is 12.2 Å². The van der Waals surface area contributed by atoms with Gasteiger partial charge in [-0.05, 0) is 12.3 Å². The molecule has 0 N–H and O–H groups in total. The molecule has 0 fully saturated rings. The van der Waals surface area contributed by atoms with E-state index >= 15 is 0 Å². The average molecular weight is 216 g/mol. The van der Waals surface area contributed by atoms with E-state index in [0.29, 0.717) is 0 Å². The minimum Gasteiger partial charge on any atom is -0.746 e. The Labute approximate surface area is 116 Å². The molecule has 0 atom stereocenters. The van der Waals surface area contributed by atoms with Crippen LogP contribution in [0.5, 0.6) is 0 Å². The molecular weight excluding hydrogens is 206 g/mol. The van der Waals surface area contributed by atoms with E-state index in [9.17, 15) is 0 Å². The zero-order chi connectivity index (χ0) is 7.33. The van der Waals surface area contributed by atoms with Crippen LogP contribution in [0.1, 0.15) is 0 Å². The van der Waals surface area contributed by atoms with Crippen LogP contribution in [-0.4, -0.2) is 12.3 Å². The minimum absolute atomic E-state index is 0. The van der Waals surface area contributed by atoms with Crippen molar-refractivity contribution in [3.8, 4) is 0 Å². The summed E-state index contributed by atoms with van der Waals surface area (Å²) in [5.41, 5.74) is 0. The Morgan fingerprint density at radius 2 is 1.60 bits per heavy atom. The molecule has 0 nitrogen and oxygen atoms in total. The zero-order valence-electron chi connectivity index (χ0n) is 6.25. The van der Waals surface area contributed by atoms with E-state index in [-0.39, 0.29) is 51.4 Å². The van der Waals surface area contributed by atoms with Crippen molar-refractivity contribution in [2.24, 2.45) is 0 Å². The topological polar surface area (TPSA) is 0 Å². The maximum atomic E-state index is 5.13. The molecule has 0 saturated carbocycles. The van der Waals surface area contributed by atoms with Gasteiger partial charge in [-0.3, -0.25) is 0 Å². The molecule has 0 unspecified atom stereocenters. The molecule has 10 heavy (non-hydrogen) atoms. The van der Waals surface area contributed by atoms with Crippen molar-refractivity contribution in [1.82, 2.24) is 0 Å². The van der Waals surface area contributed by atoms with Gasteiger partial charge >= 0.3 is 51.4 Å². The molecular formula is C6H10KPS2. The Morgan fingerprint density at radius 3 is 1.80 bits per heavy atom. The third-order valence-electron chi connectivity index (χ3n) is 0.815. The summed E-state index contributed by atoms with van der Waals surface area (Å²) in [5.74, 6) is 0. The van der Waals surface area contributed by atoms with Gasteiger partial charge in [0.15, 0.2) is 0 Å². The molecule has 0 rings (SSSR count). The molecule has 0 aromatic rings. The third kappa shape index (κ3) is 8.22. The van der Waals surface area contributed by atoms with Crippen molar-refractivity contribution in [3.05, 3.63) is 25.3 Å². The van der Waals surface area contributed by atoms with Crippen LogP contribution in [0.15, 0.2) is 25.3 Å². The number of rotatable bonds is 4. The first-order valence-corrected chi connectivity index (χ1v) is 6.82. The largest absolute Gasteiger partial charge is 1.00 e. The van der Waals surface area contributed by atoms with Gasteiger partial charge in [-0.15, -0.1) is 25.0 Å². The Hall–Kier alpha value is 2.12. The molecule has 0 aliphatic rings. The molecule has 0 aliphatic heterocycles. The van der Waals surface area contributed by atoms with Crippen LogP contribution in [0.3, 0.4) is 0 Å². The second-order valence-electron chi connectivity index (χ2n) is 1.76. The Bertz CT molecular complexity index is 142. The van der Waals surface area contributed by atoms with E-state index in [0.717, 1.165) is 12.3 Å². The SMILES string of the molecule is C=CCP(=S)([S-])CC=C.[K+]. The number of hydrogen-bond acceptors (Lipinski definition) is 2. The van der Waals surface area contributed by atoms with E-state index in [1.165, 1.54) is 0 Å². The summed E-state index contributed by atoms with van der Waals surface area (Å²) in [6.45, 7) is 7.18. The van der Waals surface area contributed by atoms with Gasteiger partial charge in [-0.25, -0.2) is 0 Å². The number of hydrogen-bond donors (Lipinski definition) is 0. The smallest absolute Gasteiger partial charge is 0.746 e. The second-order valence-corrected chi connectivity index (χ2v) is 9.00. The van der Waals surface area contributed by atoms with Crippen LogP contribution in [0.25, 0.3) is 0 Å². The van der Waals surface area contributed by atoms with Gasteiger partial charge in [0, 0.05) is 0 Å². The van der Waals surface area contributed by atoms with Gasteiger partial charge in [0.05, 0.1) is 0 Å². The van der Waals surface area contributed by atoms with Crippen LogP contribution in [0, 0.1) is 0 Å². The predicted molar refractivity (Wildman–Crippen MR) is 51.8 cm³/mol. The molecule has 4 heteroatoms. The average Bonchev–Trinajstić information content (AvgIpc) is 1.64. The molecule has 0 aliphatic carbocycles. The molecule has 0 amide bonds. The molecule has 0 aromatic carbocycles. The Morgan fingerprint density at radius 1 is 1.30 bits per heavy atom. The summed E-state index contributed by atoms with van der Waals surface area (Å²) in [6.07, 6.45) is 5.22. The van der Waals surface area contributed by atoms with Crippen LogP contribution < -0.4 is 51.4 Å². The Balaban J connectivity index is 0. The van der Waals surface area contributed by atoms with E-state index in [4.69, 9.17) is 24.1 Å². The third-order valence-corrected chi connectivity index (χ3v) is 4.23. The quantitative estimate of drug-likeness (QED) is 0.264. The summed E-state index contributed by atoms with van der Waals surface area (Å²) >= 11 is 10.3. The summed E-state index contributed by atoms with van der Waals surface area (Å²) < 4.78 is 0. The first-order chi connectivity index (χ1) is 4.12. The van der Waals surface area contributed by atoms with Crippen molar-refractivity contribution in [1.29, 1.82) is 0 Å². The van der Waals surface area contributed by atoms with Crippen LogP contribution in [-0.2, 0) is 24.1 Å². The molecule has 0 radical (unpaired) electrons. The van der Waals surface area contributed by atoms with Gasteiger partial charge in [0.2, 0.25) is 0 Å². The summed E-state index contributed by atoms with van der Waals surface area (Å²) in [5, 5.41) is -1.51. The molecule has 0 aromatic heterocycles. The van der Waals surface area contributed by atoms with Crippen molar-refractivity contribution in [2.45, 2.75) is 0 Å². The van der Waals surface area contributed by atoms with Crippen LogP contribution in [0.4, 0.5) is 0 Å². The van der Waals surface area contributed by atoms with Crippen molar-refractivity contribution in [2.75, 3.05) is 12.3 Å². The monoisotopic (exact) mass is 216 g/mol. The maximum absolute atomic E-state index is 5.13. The minimum atomic E-state index is -1.51. The number of allylic oxidation sites excluding steroid dienone is 2. The van der Waals surface area contributed by atoms with Crippen molar-refractivity contribution in [3.63, 3.8) is 0 Å². The van der Waals surface area contributed by atoms with Gasteiger partial charge in [0.1, 0.15) is 0 Å². The van der Waals surface area contributed by atoms with Crippen LogP contribution in [0.2, 0.25) is 0 Å². The van der Waals surface area contributed by atoms with Crippen molar-refractivity contribution >= 4 is 29.3 Å². The molecule has 0 heterocycles. The van der Waals surface area contributed by atoms with Gasteiger partial charge in [-0.2, -0.15) is 5.24 Å². The normalized spacial score (nSPS) is 9.70. The van der Waals surface area contributed by atoms with Gasteiger partial charge < -0.3 is 12.2 Å². The fraction of sp³-hybridized carbons (Fsp3) is 0.333. The maximum Gasteiger partial charge on any atom is 1.00 e. The standard InChI is InChI=1S/C6H11PS2.K/c1-3-5-7(8,9)6-4-2;/h3-4H,1-2,5-6H2,(H,8,9);/q;+1/p-1. The van der Waals surface area contributed by atoms with Crippen LogP contribution >= 0.6 is 5.24 Å². The fourth-order valence-corrected chi connectivity index (χ4v) is 2.67. The van der Waals surface area contributed by atoms with E-state index in [2.05, 4.69) is 13.2 Å². The van der Waals surface area contributed by atoms with Gasteiger partial charge in [0.25, 0.3) is 0 Å². The molecule has 0 saturated heterocycles. The van der Waals surface area contributed by atoms with E-state index < -0.39 is 5.24 Å². The first kappa shape index (κ1) is 14.6. The van der Waals surface area contributed by atoms with Crippen molar-refractivity contribution < 1.29 is 51.4 Å². The first-order valence-electron chi connectivity index (χ1n) is 2.63. The zero-order valence-corrected chi connectivity index (χ0v) is 11.9. The molecule has 52 valence electrons. The summed E-state index contributed by atoms with van der Waals surface area (Å²) in [7, 11) is 0. The molecule has 0 bridgehead atoms. The van der Waals surface area contributed by atoms with Gasteiger partial charge in [-0.1, -0.05) is 12.2 Å². The summed E-state index contributed by atoms with van der Waals surface area (Å²) in [4.78, 5) is 0. The molecule has 0 spiro atoms. The Kier molecular flexibility index (Phi) is 11.3. The van der Waals surface area contributed by atoms with E-state index in [1.807, 2.05) is 0 Å². The fourth-order valence-electron chi connectivity index (χ4n) is 0.468. The predicted octanol–water partition coefficient (Wildman–Crippen LogP) is -0.696. The summed E-state index contributed by atoms with van der Waals surface area (Å²) in [6, 6.07) is 0.